The van der Waals surface area contributed by atoms with Crippen LogP contribution < -0.4 is 20.4 Å². The smallest absolute Gasteiger partial charge is 0.175 e. The highest BCUT2D eigenvalue weighted by atomic mass is 19.1. The zero-order valence-corrected chi connectivity index (χ0v) is 46.8. The summed E-state index contributed by atoms with van der Waals surface area (Å²) in [5.41, 5.74) is 0.0617. The van der Waals surface area contributed by atoms with Crippen molar-refractivity contribution in [3.63, 3.8) is 0 Å². The molecule has 4 N–H and O–H groups in total. The molecule has 8 saturated heterocycles. The number of aromatic nitrogens is 6. The number of anilines is 2. The number of aromatic hydroxyl groups is 2. The molecule has 6 atom stereocenters. The molecule has 85 heavy (non-hydrogen) atoms. The average molecular weight is 1150 g/mol. The number of benzene rings is 4. The highest BCUT2D eigenvalue weighted by Crippen LogP contribution is 2.45. The molecule has 434 valence electrons. The van der Waals surface area contributed by atoms with E-state index in [-0.39, 0.29) is 72.5 Å². The van der Waals surface area contributed by atoms with Crippen molar-refractivity contribution < 1.29 is 32.2 Å². The monoisotopic (exact) mass is 1150 g/mol. The number of hydrogen-bond donors (Lipinski definition) is 4. The molecule has 8 aliphatic rings. The minimum atomic E-state index is -0.884. The zero-order valence-electron chi connectivity index (χ0n) is 46.8. The van der Waals surface area contributed by atoms with E-state index < -0.39 is 29.4 Å². The van der Waals surface area contributed by atoms with Crippen LogP contribution in [-0.4, -0.2) is 144 Å². The minimum Gasteiger partial charge on any atom is -0.508 e. The molecular weight excluding hydrogens is 1090 g/mol. The van der Waals surface area contributed by atoms with E-state index in [4.69, 9.17) is 21.4 Å². The van der Waals surface area contributed by atoms with Crippen LogP contribution in [0.25, 0.3) is 78.0 Å². The molecule has 8 aromatic rings. The van der Waals surface area contributed by atoms with Gasteiger partial charge in [0.15, 0.2) is 23.3 Å². The second kappa shape index (κ2) is 21.0. The largest absolute Gasteiger partial charge is 0.508 e. The van der Waals surface area contributed by atoms with Crippen LogP contribution in [0.15, 0.2) is 79.1 Å². The Balaban J connectivity index is 0.000000144. The summed E-state index contributed by atoms with van der Waals surface area (Å²) in [6, 6.07) is 14.3. The Morgan fingerprint density at radius 2 is 1.09 bits per heavy atom. The van der Waals surface area contributed by atoms with E-state index in [0.717, 1.165) is 97.2 Å². The maximum absolute atomic E-state index is 16.8. The summed E-state index contributed by atoms with van der Waals surface area (Å²) in [5.74, 6) is 1.75. The highest BCUT2D eigenvalue weighted by molar-refractivity contribution is 6.04. The summed E-state index contributed by atoms with van der Waals surface area (Å²) in [4.78, 5) is 37.5. The standard InChI is InChI=1S/C34H31F3N6O.C32H32F2N6O/c1-2-24-27(36)7-4-19-12-23(44)13-25(29(19)24)31-30(37)32-26(15-38-31)33(42-17-21-5-6-22(18-42)39-21)41-28(40-32)8-10-34-9-3-11-43(34)16-20(35)14-34;33-25-5-1-4-19-14-22(41)15-23(27(19)25)29-28(34)30-24(16-35-29)31(39-17-20-6-7-21(18-39)36-20)38-26(37-30)8-11-32-9-2-12-40(32)13-3-10-32/h1,4,7-8,10,12-13,15,20-22,39,44H,3,5-6,9,11,14,16-18H2;1,4-5,8,11,14-16,20-21,36,41H,2-3,6-7,9-10,12-13,17-18H2/b10-8+;11-8+. The molecule has 19 heteroatoms. The molecule has 0 radical (unpaired) electrons. The molecule has 0 spiro atoms. The van der Waals surface area contributed by atoms with Crippen molar-refractivity contribution >= 4 is 67.1 Å². The van der Waals surface area contributed by atoms with Gasteiger partial charge >= 0.3 is 0 Å². The van der Waals surface area contributed by atoms with Gasteiger partial charge in [-0.3, -0.25) is 19.8 Å². The van der Waals surface area contributed by atoms with Crippen molar-refractivity contribution in [1.29, 1.82) is 0 Å². The molecule has 8 fully saturated rings. The van der Waals surface area contributed by atoms with Gasteiger partial charge in [-0.15, -0.1) is 6.42 Å². The molecule has 0 amide bonds. The molecule has 14 nitrogen and oxygen atoms in total. The predicted molar refractivity (Wildman–Crippen MR) is 320 cm³/mol. The summed E-state index contributed by atoms with van der Waals surface area (Å²) >= 11 is 0. The quantitative estimate of drug-likeness (QED) is 0.0843. The number of hydrogen-bond acceptors (Lipinski definition) is 14. The third-order valence-electron chi connectivity index (χ3n) is 19.5. The Bertz CT molecular complexity index is 4120. The van der Waals surface area contributed by atoms with Crippen LogP contribution >= 0.6 is 0 Å². The fourth-order valence-electron chi connectivity index (χ4n) is 15.7. The van der Waals surface area contributed by atoms with Crippen LogP contribution in [-0.2, 0) is 0 Å². The molecule has 0 aliphatic carbocycles. The maximum atomic E-state index is 16.8. The van der Waals surface area contributed by atoms with Gasteiger partial charge in [-0.25, -0.2) is 41.9 Å². The zero-order chi connectivity index (χ0) is 57.9. The number of rotatable bonds is 8. The van der Waals surface area contributed by atoms with Gasteiger partial charge in [0.05, 0.1) is 16.3 Å². The van der Waals surface area contributed by atoms with Crippen LogP contribution in [0.5, 0.6) is 11.5 Å². The minimum absolute atomic E-state index is 0.0343. The second-order valence-electron chi connectivity index (χ2n) is 24.7. The van der Waals surface area contributed by atoms with E-state index in [1.54, 1.807) is 30.6 Å². The molecule has 12 heterocycles. The molecular formula is C66H63F5N12O2. The third kappa shape index (κ3) is 9.38. The molecule has 8 aliphatic heterocycles. The second-order valence-corrected chi connectivity index (χ2v) is 24.7. The predicted octanol–water partition coefficient (Wildman–Crippen LogP) is 10.8. The molecule has 4 aromatic heterocycles. The first-order valence-corrected chi connectivity index (χ1v) is 29.9. The molecule has 6 unspecified atom stereocenters. The number of phenols is 2. The number of pyridine rings is 2. The summed E-state index contributed by atoms with van der Waals surface area (Å²) in [6.07, 6.45) is 27.1. The van der Waals surface area contributed by atoms with Crippen LogP contribution in [0.1, 0.15) is 87.8 Å². The van der Waals surface area contributed by atoms with Gasteiger partial charge in [0.1, 0.15) is 63.4 Å². The summed E-state index contributed by atoms with van der Waals surface area (Å²) < 4.78 is 77.6. The number of halogens is 5. The lowest BCUT2D eigenvalue weighted by Gasteiger charge is -2.34. The fourth-order valence-corrected chi connectivity index (χ4v) is 15.7. The van der Waals surface area contributed by atoms with Gasteiger partial charge in [0, 0.05) is 109 Å². The number of phenolic OH excluding ortho intramolecular Hbond substituents is 2. The van der Waals surface area contributed by atoms with Gasteiger partial charge in [0.25, 0.3) is 0 Å². The van der Waals surface area contributed by atoms with Crippen LogP contribution in [0.3, 0.4) is 0 Å². The summed E-state index contributed by atoms with van der Waals surface area (Å²) in [6.45, 7) is 6.49. The highest BCUT2D eigenvalue weighted by Gasteiger charge is 2.47. The van der Waals surface area contributed by atoms with Gasteiger partial charge in [-0.1, -0.05) is 36.3 Å². The molecule has 16 rings (SSSR count). The van der Waals surface area contributed by atoms with E-state index in [1.807, 2.05) is 12.2 Å². The van der Waals surface area contributed by atoms with E-state index >= 15 is 13.2 Å². The van der Waals surface area contributed by atoms with Gasteiger partial charge < -0.3 is 30.6 Å². The first-order valence-electron chi connectivity index (χ1n) is 29.9. The van der Waals surface area contributed by atoms with Crippen molar-refractivity contribution in [3.05, 3.63) is 120 Å². The first-order chi connectivity index (χ1) is 41.3. The first kappa shape index (κ1) is 53.8. The van der Waals surface area contributed by atoms with Gasteiger partial charge in [-0.2, -0.15) is 0 Å². The number of fused-ring (bicyclic) bond motifs is 10. The Kier molecular flexibility index (Phi) is 13.3. The average Bonchev–Trinajstić information content (AvgIpc) is 2.37. The van der Waals surface area contributed by atoms with E-state index in [1.165, 1.54) is 55.3 Å². The normalized spacial score (nSPS) is 25.3. The van der Waals surface area contributed by atoms with Crippen molar-refractivity contribution in [3.8, 4) is 46.4 Å². The Morgan fingerprint density at radius 1 is 0.588 bits per heavy atom. The molecule has 4 aromatic carbocycles. The fraction of sp³-hybridized carbons (Fsp3) is 0.394. The lowest BCUT2D eigenvalue weighted by Crippen LogP contribution is -2.51. The number of terminal acetylenes is 1. The van der Waals surface area contributed by atoms with E-state index in [9.17, 15) is 19.0 Å². The van der Waals surface area contributed by atoms with Gasteiger partial charge in [0.2, 0.25) is 0 Å². The lowest BCUT2D eigenvalue weighted by atomic mass is 9.93. The molecule has 4 bridgehead atoms. The van der Waals surface area contributed by atoms with Crippen molar-refractivity contribution in [2.75, 3.05) is 62.2 Å². The number of nitrogens with zero attached hydrogens (tertiary/aromatic N) is 10. The van der Waals surface area contributed by atoms with Crippen LogP contribution in [0.2, 0.25) is 0 Å². The Labute approximate surface area is 487 Å². The third-order valence-corrected chi connectivity index (χ3v) is 19.5. The molecule has 0 saturated carbocycles. The number of alkyl halides is 1. The van der Waals surface area contributed by atoms with Crippen molar-refractivity contribution in [2.24, 2.45) is 0 Å². The van der Waals surface area contributed by atoms with Crippen molar-refractivity contribution in [2.45, 2.75) is 112 Å². The topological polar surface area (TPSA) is 155 Å². The van der Waals surface area contributed by atoms with Crippen LogP contribution in [0, 0.1) is 35.6 Å². The summed E-state index contributed by atoms with van der Waals surface area (Å²) in [5, 5.41) is 30.6. The SMILES string of the molecule is C#Cc1c(F)ccc2cc(O)cc(-c3ncc4c(N5CC6CCC(C5)N6)nc(/C=C/C56CCCN5CC(F)C6)nc4c3F)c12.Oc1cc(-c2ncc3c(N4CC5CCC(C4)N5)nc(/C=C/C45CCCN4CCC5)nc3c2F)c2c(F)cccc2c1. The lowest BCUT2D eigenvalue weighted by molar-refractivity contribution is 0.247. The Morgan fingerprint density at radius 3 is 1.65 bits per heavy atom. The maximum Gasteiger partial charge on any atom is 0.175 e. The Hall–Kier alpha value is -7.89. The van der Waals surface area contributed by atoms with E-state index in [0.29, 0.717) is 82.0 Å². The number of nitrogens with one attached hydrogen (secondary N) is 2. The van der Waals surface area contributed by atoms with Gasteiger partial charge in [-0.05, 0) is 143 Å². The summed E-state index contributed by atoms with van der Waals surface area (Å²) in [7, 11) is 0. The van der Waals surface area contributed by atoms with Crippen molar-refractivity contribution in [1.82, 2.24) is 50.3 Å². The van der Waals surface area contributed by atoms with E-state index in [2.05, 4.69) is 57.2 Å². The van der Waals surface area contributed by atoms with Crippen LogP contribution in [0.4, 0.5) is 33.6 Å². The number of piperazine rings is 2.